The van der Waals surface area contributed by atoms with Crippen LogP contribution in [0.5, 0.6) is 11.5 Å². The number of rotatable bonds is 4. The second-order valence-electron chi connectivity index (χ2n) is 4.46. The molecule has 1 aliphatic heterocycles. The average Bonchev–Trinajstić information content (AvgIpc) is 2.86. The van der Waals surface area contributed by atoms with Gasteiger partial charge in [-0.2, -0.15) is 0 Å². The fraction of sp³-hybridized carbons (Fsp3) is 0.462. The summed E-state index contributed by atoms with van der Waals surface area (Å²) < 4.78 is 10.5. The van der Waals surface area contributed by atoms with Crippen LogP contribution >= 0.6 is 11.6 Å². The standard InChI is InChI=1S/C13H16ClNO4/c1-18-8-4-9(14)12(11(5-8)19-2)10-3-7(6-15-10)13(16)17/h4-5,7,10,15H,3,6H2,1-2H3,(H,16,17). The highest BCUT2D eigenvalue weighted by molar-refractivity contribution is 6.31. The molecule has 0 aromatic heterocycles. The minimum absolute atomic E-state index is 0.116. The zero-order chi connectivity index (χ0) is 14.0. The third-order valence-corrected chi connectivity index (χ3v) is 3.66. The maximum atomic E-state index is 11.0. The highest BCUT2D eigenvalue weighted by Gasteiger charge is 2.33. The molecule has 2 atom stereocenters. The van der Waals surface area contributed by atoms with E-state index in [0.717, 1.165) is 5.56 Å². The van der Waals surface area contributed by atoms with Gasteiger partial charge in [0.05, 0.1) is 25.2 Å². The van der Waals surface area contributed by atoms with Gasteiger partial charge >= 0.3 is 5.97 Å². The molecule has 0 amide bonds. The van der Waals surface area contributed by atoms with E-state index in [1.54, 1.807) is 26.4 Å². The molecule has 2 unspecified atom stereocenters. The maximum absolute atomic E-state index is 11.0. The van der Waals surface area contributed by atoms with E-state index in [9.17, 15) is 4.79 Å². The van der Waals surface area contributed by atoms with Crippen LogP contribution in [0.15, 0.2) is 12.1 Å². The van der Waals surface area contributed by atoms with Crippen molar-refractivity contribution in [3.05, 3.63) is 22.7 Å². The number of nitrogens with one attached hydrogen (secondary N) is 1. The Morgan fingerprint density at radius 3 is 2.68 bits per heavy atom. The summed E-state index contributed by atoms with van der Waals surface area (Å²) in [6.45, 7) is 0.436. The molecule has 1 aromatic carbocycles. The van der Waals surface area contributed by atoms with E-state index in [1.165, 1.54) is 0 Å². The lowest BCUT2D eigenvalue weighted by Gasteiger charge is -2.18. The van der Waals surface area contributed by atoms with Gasteiger partial charge in [-0.05, 0) is 12.5 Å². The molecule has 2 rings (SSSR count). The van der Waals surface area contributed by atoms with Crippen molar-refractivity contribution in [1.29, 1.82) is 0 Å². The van der Waals surface area contributed by atoms with Crippen molar-refractivity contribution in [3.63, 3.8) is 0 Å². The Labute approximate surface area is 116 Å². The first kappa shape index (κ1) is 14.0. The molecule has 1 heterocycles. The van der Waals surface area contributed by atoms with Crippen LogP contribution in [0.4, 0.5) is 0 Å². The molecule has 0 bridgehead atoms. The number of halogens is 1. The van der Waals surface area contributed by atoms with Gasteiger partial charge in [-0.1, -0.05) is 11.6 Å². The van der Waals surface area contributed by atoms with Crippen LogP contribution in [0.1, 0.15) is 18.0 Å². The molecule has 1 aliphatic rings. The summed E-state index contributed by atoms with van der Waals surface area (Å²) in [4.78, 5) is 11.0. The second kappa shape index (κ2) is 5.67. The van der Waals surface area contributed by atoms with Crippen molar-refractivity contribution in [2.24, 2.45) is 5.92 Å². The molecule has 0 radical (unpaired) electrons. The summed E-state index contributed by atoms with van der Waals surface area (Å²) in [7, 11) is 3.11. The number of ether oxygens (including phenoxy) is 2. The van der Waals surface area contributed by atoms with Gasteiger partial charge in [-0.25, -0.2) is 0 Å². The van der Waals surface area contributed by atoms with Crippen LogP contribution in [0.2, 0.25) is 5.02 Å². The number of carboxylic acid groups (broad SMARTS) is 1. The number of carboxylic acids is 1. The van der Waals surface area contributed by atoms with Crippen LogP contribution < -0.4 is 14.8 Å². The molecule has 1 saturated heterocycles. The summed E-state index contributed by atoms with van der Waals surface area (Å²) in [5, 5.41) is 12.7. The predicted molar refractivity (Wildman–Crippen MR) is 71.0 cm³/mol. The van der Waals surface area contributed by atoms with E-state index < -0.39 is 11.9 Å². The Bertz CT molecular complexity index is 492. The zero-order valence-electron chi connectivity index (χ0n) is 10.8. The van der Waals surface area contributed by atoms with Crippen LogP contribution in [0.25, 0.3) is 0 Å². The van der Waals surface area contributed by atoms with Gasteiger partial charge in [0.15, 0.2) is 0 Å². The van der Waals surface area contributed by atoms with Crippen molar-refractivity contribution < 1.29 is 19.4 Å². The molecule has 0 aliphatic carbocycles. The molecule has 6 heteroatoms. The van der Waals surface area contributed by atoms with E-state index in [0.29, 0.717) is 29.5 Å². The summed E-state index contributed by atoms with van der Waals surface area (Å²) in [5.41, 5.74) is 0.786. The summed E-state index contributed by atoms with van der Waals surface area (Å²) in [6, 6.07) is 3.33. The molecule has 1 aromatic rings. The maximum Gasteiger partial charge on any atom is 0.307 e. The van der Waals surface area contributed by atoms with Crippen LogP contribution in [0, 0.1) is 5.92 Å². The molecule has 19 heavy (non-hydrogen) atoms. The largest absolute Gasteiger partial charge is 0.497 e. The van der Waals surface area contributed by atoms with Crippen molar-refractivity contribution in [3.8, 4) is 11.5 Å². The number of carbonyl (C=O) groups is 1. The normalized spacial score (nSPS) is 22.3. The summed E-state index contributed by atoms with van der Waals surface area (Å²) in [5.74, 6) is 0.0257. The highest BCUT2D eigenvalue weighted by atomic mass is 35.5. The first-order valence-electron chi connectivity index (χ1n) is 5.94. The molecular formula is C13H16ClNO4. The van der Waals surface area contributed by atoms with Crippen LogP contribution in [-0.4, -0.2) is 31.8 Å². The van der Waals surface area contributed by atoms with Crippen molar-refractivity contribution >= 4 is 17.6 Å². The Balaban J connectivity index is 2.32. The lowest BCUT2D eigenvalue weighted by Crippen LogP contribution is -2.17. The highest BCUT2D eigenvalue weighted by Crippen LogP contribution is 2.40. The van der Waals surface area contributed by atoms with Crippen LogP contribution in [-0.2, 0) is 4.79 Å². The SMILES string of the molecule is COc1cc(Cl)c(C2CC(C(=O)O)CN2)c(OC)c1. The van der Waals surface area contributed by atoms with E-state index in [2.05, 4.69) is 5.32 Å². The second-order valence-corrected chi connectivity index (χ2v) is 4.86. The number of hydrogen-bond acceptors (Lipinski definition) is 4. The van der Waals surface area contributed by atoms with E-state index >= 15 is 0 Å². The molecule has 5 nitrogen and oxygen atoms in total. The Morgan fingerprint density at radius 1 is 1.42 bits per heavy atom. The Hall–Kier alpha value is -1.46. The molecule has 1 fully saturated rings. The number of aliphatic carboxylic acids is 1. The Kier molecular flexibility index (Phi) is 4.17. The average molecular weight is 286 g/mol. The first-order valence-corrected chi connectivity index (χ1v) is 6.32. The summed E-state index contributed by atoms with van der Waals surface area (Å²) >= 11 is 6.25. The van der Waals surface area contributed by atoms with Gasteiger partial charge in [0, 0.05) is 24.2 Å². The molecule has 2 N–H and O–H groups in total. The number of hydrogen-bond donors (Lipinski definition) is 2. The van der Waals surface area contributed by atoms with Gasteiger partial charge in [0.2, 0.25) is 0 Å². The lowest BCUT2D eigenvalue weighted by atomic mass is 9.99. The smallest absolute Gasteiger partial charge is 0.307 e. The van der Waals surface area contributed by atoms with Crippen molar-refractivity contribution in [2.45, 2.75) is 12.5 Å². The van der Waals surface area contributed by atoms with Gasteiger partial charge in [0.25, 0.3) is 0 Å². The predicted octanol–water partition coefficient (Wildman–Crippen LogP) is 2.09. The number of benzene rings is 1. The molecule has 104 valence electrons. The van der Waals surface area contributed by atoms with Crippen molar-refractivity contribution in [2.75, 3.05) is 20.8 Å². The topological polar surface area (TPSA) is 67.8 Å². The zero-order valence-corrected chi connectivity index (χ0v) is 11.5. The molecule has 0 spiro atoms. The number of methoxy groups -OCH3 is 2. The summed E-state index contributed by atoms with van der Waals surface area (Å²) in [6.07, 6.45) is 0.498. The quantitative estimate of drug-likeness (QED) is 0.887. The third-order valence-electron chi connectivity index (χ3n) is 3.35. The first-order chi connectivity index (χ1) is 9.06. The van der Waals surface area contributed by atoms with E-state index in [4.69, 9.17) is 26.2 Å². The van der Waals surface area contributed by atoms with E-state index in [1.807, 2.05) is 0 Å². The van der Waals surface area contributed by atoms with Crippen LogP contribution in [0.3, 0.4) is 0 Å². The Morgan fingerprint density at radius 2 is 2.16 bits per heavy atom. The fourth-order valence-corrected chi connectivity index (χ4v) is 2.67. The third kappa shape index (κ3) is 2.77. The lowest BCUT2D eigenvalue weighted by molar-refractivity contribution is -0.141. The minimum atomic E-state index is -0.793. The monoisotopic (exact) mass is 285 g/mol. The minimum Gasteiger partial charge on any atom is -0.497 e. The van der Waals surface area contributed by atoms with Gasteiger partial charge in [0.1, 0.15) is 11.5 Å². The van der Waals surface area contributed by atoms with Gasteiger partial charge < -0.3 is 19.9 Å². The molecule has 0 saturated carbocycles. The van der Waals surface area contributed by atoms with E-state index in [-0.39, 0.29) is 6.04 Å². The fourth-order valence-electron chi connectivity index (χ4n) is 2.34. The molecular weight excluding hydrogens is 270 g/mol. The van der Waals surface area contributed by atoms with Gasteiger partial charge in [-0.3, -0.25) is 4.79 Å². The van der Waals surface area contributed by atoms with Gasteiger partial charge in [-0.15, -0.1) is 0 Å². The van der Waals surface area contributed by atoms with Crippen molar-refractivity contribution in [1.82, 2.24) is 5.32 Å².